The molecule has 0 bridgehead atoms. The molecule has 4 N–H and O–H groups in total. The van der Waals surface area contributed by atoms with Crippen LogP contribution in [0.15, 0.2) is 83.0 Å². The molecule has 0 aliphatic carbocycles. The smallest absolute Gasteiger partial charge is 0.344 e. The summed E-state index contributed by atoms with van der Waals surface area (Å²) in [6.07, 6.45) is 7.32. The molecule has 0 radical (unpaired) electrons. The first-order valence-electron chi connectivity index (χ1n) is 12.5. The number of halogens is 2. The number of nitrogens with zero attached hydrogens (tertiary/aromatic N) is 4. The molecule has 16 nitrogen and oxygen atoms in total. The summed E-state index contributed by atoms with van der Waals surface area (Å²) in [7, 11) is -6.06. The third-order valence-electron chi connectivity index (χ3n) is 4.72. The Morgan fingerprint density at radius 1 is 0.622 bits per heavy atom. The van der Waals surface area contributed by atoms with Gasteiger partial charge in [0.2, 0.25) is 0 Å². The van der Waals surface area contributed by atoms with Gasteiger partial charge in [0.25, 0.3) is 0 Å². The first-order chi connectivity index (χ1) is 20.8. The maximum atomic E-state index is 8.49. The quantitative estimate of drug-likeness (QED) is 0.0679. The number of aromatic amines is 2. The monoisotopic (exact) mass is 710 g/mol. The first-order valence-corrected chi connectivity index (χ1v) is 15.0. The zero-order valence-corrected chi connectivity index (χ0v) is 26.7. The molecule has 19 heteroatoms. The topological polar surface area (TPSA) is 291 Å². The Labute approximate surface area is 274 Å². The predicted octanol–water partition coefficient (Wildman–Crippen LogP) is -6.08. The summed E-state index contributed by atoms with van der Waals surface area (Å²) in [5.41, 5.74) is 3.89. The molecule has 0 spiro atoms. The predicted molar refractivity (Wildman–Crippen MR) is 141 cm³/mol. The molecular formula is C26H32Cl2FeN8O8+2. The van der Waals surface area contributed by atoms with Gasteiger partial charge in [0.15, 0.2) is 0 Å². The molecule has 0 atom stereocenters. The maximum Gasteiger partial charge on any atom is 4.00 e. The number of hydrogen-bond acceptors (Lipinski definition) is 14. The van der Waals surface area contributed by atoms with Gasteiger partial charge in [0, 0.05) is 49.0 Å². The molecule has 45 heavy (non-hydrogen) atoms. The molecule has 0 aliphatic rings. The van der Waals surface area contributed by atoms with Crippen LogP contribution >= 0.6 is 0 Å². The Kier molecular flexibility index (Phi) is 21.7. The van der Waals surface area contributed by atoms with Gasteiger partial charge in [-0.1, -0.05) is 60.7 Å². The van der Waals surface area contributed by atoms with Crippen LogP contribution in [0.4, 0.5) is 0 Å². The summed E-state index contributed by atoms with van der Waals surface area (Å²) in [4.78, 5) is 23.7. The van der Waals surface area contributed by atoms with E-state index in [1.165, 1.54) is 0 Å². The van der Waals surface area contributed by atoms with Gasteiger partial charge in [-0.15, -0.1) is 20.5 Å². The van der Waals surface area contributed by atoms with Crippen molar-refractivity contribution in [1.29, 1.82) is 0 Å². The summed E-state index contributed by atoms with van der Waals surface area (Å²) in [6, 6.07) is 20.1. The Hall–Kier alpha value is -3.10. The molecule has 0 aliphatic heterocycles. The molecule has 4 aromatic rings. The standard InChI is InChI=1S/2C13H16N4.2ClHO4.Fe/c2*1-14-7-8-15-9-12-10-16-13(17-12)11-5-3-2-4-6-11;2*2-1(3,4)5;/h2*2-6,9-10,14H,7-8H2,1H3,(H,16,17);2*(H,2,3,4,5);/q;;;;+4/p-2. The van der Waals surface area contributed by atoms with Gasteiger partial charge in [0.05, 0.1) is 24.5 Å². The number of aliphatic imine (C=N–C) groups is 2. The van der Waals surface area contributed by atoms with E-state index in [0.717, 1.165) is 60.3 Å². The van der Waals surface area contributed by atoms with E-state index in [1.807, 2.05) is 87.2 Å². The summed E-state index contributed by atoms with van der Waals surface area (Å²) >= 11 is 0. The fraction of sp³-hybridized carbons (Fsp3) is 0.231. The molecule has 2 aromatic carbocycles. The van der Waals surface area contributed by atoms with Crippen LogP contribution in [0.3, 0.4) is 0 Å². The molecule has 4 rings (SSSR count). The van der Waals surface area contributed by atoms with Crippen molar-refractivity contribution in [1.82, 2.24) is 30.6 Å². The molecule has 0 unspecified atom stereocenters. The Morgan fingerprint density at radius 3 is 1.22 bits per heavy atom. The minimum absolute atomic E-state index is 0. The zero-order chi connectivity index (χ0) is 32.8. The van der Waals surface area contributed by atoms with E-state index in [9.17, 15) is 0 Å². The Bertz CT molecular complexity index is 1240. The molecule has 2 aromatic heterocycles. The number of hydrogen-bond donors (Lipinski definition) is 4. The van der Waals surface area contributed by atoms with Gasteiger partial charge < -0.3 is 20.6 Å². The van der Waals surface area contributed by atoms with Gasteiger partial charge in [-0.2, -0.15) is 0 Å². The van der Waals surface area contributed by atoms with Crippen molar-refractivity contribution in [2.45, 2.75) is 0 Å². The van der Waals surface area contributed by atoms with Crippen LogP contribution in [-0.2, 0) is 17.1 Å². The van der Waals surface area contributed by atoms with Gasteiger partial charge >= 0.3 is 17.1 Å². The number of aromatic nitrogens is 4. The van der Waals surface area contributed by atoms with Crippen molar-refractivity contribution >= 4 is 12.4 Å². The van der Waals surface area contributed by atoms with Gasteiger partial charge in [-0.3, -0.25) is 9.98 Å². The molecule has 0 amide bonds. The second-order valence-corrected chi connectivity index (χ2v) is 9.63. The minimum atomic E-state index is -4.94. The van der Waals surface area contributed by atoms with Crippen LogP contribution in [0, 0.1) is 20.5 Å². The number of H-pyrrole nitrogens is 2. The number of nitrogens with one attached hydrogen (secondary N) is 4. The van der Waals surface area contributed by atoms with E-state index < -0.39 is 20.5 Å². The van der Waals surface area contributed by atoms with E-state index in [-0.39, 0.29) is 17.1 Å². The van der Waals surface area contributed by atoms with Crippen molar-refractivity contribution in [2.75, 3.05) is 40.3 Å². The minimum Gasteiger partial charge on any atom is -0.344 e. The van der Waals surface area contributed by atoms with E-state index in [0.29, 0.717) is 0 Å². The second kappa shape index (κ2) is 23.3. The zero-order valence-electron chi connectivity index (χ0n) is 24.1. The SMILES string of the molecule is CNCCN=Cc1c[nH]c(-c2ccccc2)n1.CNCCN=Cc1c[nH]c(-c2ccccc2)n1.[Fe+4].[O-][Cl+3]([O-])([O-])[O-].[O-][Cl+3]([O-])([O-])[O-]. The van der Waals surface area contributed by atoms with Crippen LogP contribution < -0.4 is 47.9 Å². The Balaban J connectivity index is 0.000000654. The van der Waals surface area contributed by atoms with Crippen LogP contribution in [0.25, 0.3) is 22.8 Å². The van der Waals surface area contributed by atoms with Crippen LogP contribution in [0.1, 0.15) is 11.4 Å². The third-order valence-corrected chi connectivity index (χ3v) is 4.72. The normalized spacial score (nSPS) is 11.1. The third kappa shape index (κ3) is 23.9. The van der Waals surface area contributed by atoms with Gasteiger partial charge in [-0.25, -0.2) is 47.2 Å². The molecular weight excluding hydrogens is 679 g/mol. The molecule has 0 fully saturated rings. The van der Waals surface area contributed by atoms with Gasteiger partial charge in [0.1, 0.15) is 11.6 Å². The van der Waals surface area contributed by atoms with Crippen molar-refractivity contribution in [3.8, 4) is 22.8 Å². The number of imidazole rings is 2. The number of rotatable bonds is 10. The maximum absolute atomic E-state index is 8.49. The number of likely N-dealkylation sites (N-methyl/N-ethyl adjacent to an activating group) is 2. The van der Waals surface area contributed by atoms with Crippen LogP contribution in [0.5, 0.6) is 0 Å². The Morgan fingerprint density at radius 2 is 0.933 bits per heavy atom. The average Bonchev–Trinajstić information content (AvgIpc) is 3.63. The van der Waals surface area contributed by atoms with Crippen LogP contribution in [-0.4, -0.2) is 72.6 Å². The largest absolute Gasteiger partial charge is 4.00 e. The van der Waals surface area contributed by atoms with Crippen LogP contribution in [0.2, 0.25) is 0 Å². The summed E-state index contributed by atoms with van der Waals surface area (Å²) < 4.78 is 67.9. The van der Waals surface area contributed by atoms with Crippen molar-refractivity contribution < 1.29 is 74.8 Å². The molecule has 0 saturated heterocycles. The fourth-order valence-corrected chi connectivity index (χ4v) is 2.96. The average molecular weight is 711 g/mol. The van der Waals surface area contributed by atoms with E-state index in [2.05, 4.69) is 40.6 Å². The molecule has 244 valence electrons. The van der Waals surface area contributed by atoms with Crippen molar-refractivity contribution in [2.24, 2.45) is 9.98 Å². The first kappa shape index (κ1) is 41.9. The molecule has 2 heterocycles. The van der Waals surface area contributed by atoms with Crippen molar-refractivity contribution in [3.63, 3.8) is 0 Å². The molecule has 0 saturated carbocycles. The van der Waals surface area contributed by atoms with Gasteiger partial charge in [-0.05, 0) is 14.1 Å². The fourth-order valence-electron chi connectivity index (χ4n) is 2.96. The number of benzene rings is 2. The van der Waals surface area contributed by atoms with E-state index in [4.69, 9.17) is 37.3 Å². The van der Waals surface area contributed by atoms with E-state index in [1.54, 1.807) is 12.4 Å². The summed E-state index contributed by atoms with van der Waals surface area (Å²) in [5, 5.41) is 6.09. The van der Waals surface area contributed by atoms with Crippen molar-refractivity contribution in [3.05, 3.63) is 84.4 Å². The second-order valence-electron chi connectivity index (χ2n) is 8.11. The summed E-state index contributed by atoms with van der Waals surface area (Å²) in [6.45, 7) is 3.30. The summed E-state index contributed by atoms with van der Waals surface area (Å²) in [5.74, 6) is 1.75. The van der Waals surface area contributed by atoms with E-state index >= 15 is 0 Å².